The lowest BCUT2D eigenvalue weighted by molar-refractivity contribution is -0.161. The molecule has 10 heteroatoms. The molecule has 0 radical (unpaired) electrons. The Balaban J connectivity index is 4.16. The fraction of sp³-hybridized carbons (Fsp3) is 0.610. The van der Waals surface area contributed by atoms with E-state index in [1.165, 1.54) is 0 Å². The number of phosphoric ester groups is 1. The average Bonchev–Trinajstić information content (AvgIpc) is 3.09. The molecular formula is C41H67O9P. The molecule has 0 aliphatic rings. The SMILES string of the molecule is CC/C=C\C/C=C\C/C=C\CCCCCCCC(=O)O[C@H](COC(=O)CCC/C=C\C/C=C\C/C=C\C=C\[C@H](O)CCCCC)COP(=O)(O)O. The number of phosphoric acid groups is 1. The molecule has 0 amide bonds. The van der Waals surface area contributed by atoms with Crippen molar-refractivity contribution in [3.05, 3.63) is 85.1 Å². The number of esters is 2. The van der Waals surface area contributed by atoms with Crippen molar-refractivity contribution in [1.29, 1.82) is 0 Å². The van der Waals surface area contributed by atoms with Crippen LogP contribution >= 0.6 is 7.82 Å². The first-order valence-corrected chi connectivity index (χ1v) is 20.5. The van der Waals surface area contributed by atoms with Gasteiger partial charge in [0, 0.05) is 12.8 Å². The summed E-state index contributed by atoms with van der Waals surface area (Å²) in [6, 6.07) is 0. The summed E-state index contributed by atoms with van der Waals surface area (Å²) < 4.78 is 26.2. The van der Waals surface area contributed by atoms with Gasteiger partial charge in [-0.05, 0) is 70.6 Å². The first kappa shape index (κ1) is 48.2. The van der Waals surface area contributed by atoms with Crippen LogP contribution in [0.5, 0.6) is 0 Å². The molecule has 0 aromatic rings. The first-order chi connectivity index (χ1) is 24.7. The highest BCUT2D eigenvalue weighted by molar-refractivity contribution is 7.46. The molecule has 0 rings (SSSR count). The smallest absolute Gasteiger partial charge is 0.462 e. The van der Waals surface area contributed by atoms with Crippen LogP contribution in [0.15, 0.2) is 85.1 Å². The van der Waals surface area contributed by atoms with Crippen LogP contribution in [-0.4, -0.2) is 52.3 Å². The third-order valence-corrected chi connectivity index (χ3v) is 7.99. The molecule has 3 N–H and O–H groups in total. The summed E-state index contributed by atoms with van der Waals surface area (Å²) in [5.74, 6) is -1.01. The highest BCUT2D eigenvalue weighted by Crippen LogP contribution is 2.36. The van der Waals surface area contributed by atoms with E-state index in [2.05, 4.69) is 67.0 Å². The summed E-state index contributed by atoms with van der Waals surface area (Å²) in [5, 5.41) is 9.86. The Bertz CT molecular complexity index is 1110. The molecule has 9 nitrogen and oxygen atoms in total. The van der Waals surface area contributed by atoms with E-state index in [9.17, 15) is 19.3 Å². The summed E-state index contributed by atoms with van der Waals surface area (Å²) in [4.78, 5) is 42.7. The van der Waals surface area contributed by atoms with Crippen molar-refractivity contribution in [2.45, 2.75) is 148 Å². The van der Waals surface area contributed by atoms with E-state index >= 15 is 0 Å². The highest BCUT2D eigenvalue weighted by atomic mass is 31.2. The lowest BCUT2D eigenvalue weighted by atomic mass is 10.1. The molecule has 0 unspecified atom stereocenters. The van der Waals surface area contributed by atoms with Gasteiger partial charge in [0.1, 0.15) is 6.61 Å². The molecule has 0 fully saturated rings. The predicted octanol–water partition coefficient (Wildman–Crippen LogP) is 10.3. The summed E-state index contributed by atoms with van der Waals surface area (Å²) >= 11 is 0. The maximum Gasteiger partial charge on any atom is 0.469 e. The van der Waals surface area contributed by atoms with E-state index in [1.807, 2.05) is 36.5 Å². The Hall–Kier alpha value is -2.81. The second-order valence-corrected chi connectivity index (χ2v) is 13.6. The summed E-state index contributed by atoms with van der Waals surface area (Å²) in [5.41, 5.74) is 0. The van der Waals surface area contributed by atoms with Gasteiger partial charge in [-0.3, -0.25) is 14.1 Å². The Kier molecular flexibility index (Phi) is 33.6. The zero-order valence-corrected chi connectivity index (χ0v) is 32.2. The van der Waals surface area contributed by atoms with Gasteiger partial charge in [0.05, 0.1) is 12.7 Å². The third-order valence-electron chi connectivity index (χ3n) is 7.50. The topological polar surface area (TPSA) is 140 Å². The lowest BCUT2D eigenvalue weighted by Gasteiger charge is -2.18. The van der Waals surface area contributed by atoms with Crippen molar-refractivity contribution in [2.75, 3.05) is 13.2 Å². The van der Waals surface area contributed by atoms with Gasteiger partial charge in [0.2, 0.25) is 0 Å². The number of hydrogen-bond donors (Lipinski definition) is 3. The molecule has 290 valence electrons. The Morgan fingerprint density at radius 2 is 1.20 bits per heavy atom. The van der Waals surface area contributed by atoms with Crippen LogP contribution in [0.3, 0.4) is 0 Å². The van der Waals surface area contributed by atoms with Gasteiger partial charge >= 0.3 is 19.8 Å². The van der Waals surface area contributed by atoms with E-state index in [0.29, 0.717) is 19.3 Å². The summed E-state index contributed by atoms with van der Waals surface area (Å²) in [7, 11) is -4.78. The van der Waals surface area contributed by atoms with Crippen LogP contribution in [0, 0.1) is 0 Å². The van der Waals surface area contributed by atoms with Gasteiger partial charge in [-0.25, -0.2) is 4.57 Å². The van der Waals surface area contributed by atoms with E-state index in [1.54, 1.807) is 0 Å². The van der Waals surface area contributed by atoms with Crippen LogP contribution in [0.1, 0.15) is 136 Å². The standard InChI is InChI=1S/C41H67O9P/c1-3-5-7-8-9-10-11-12-13-14-17-21-24-27-31-35-41(44)50-39(37-49-51(45,46)47)36-48-40(43)34-30-26-23-20-18-15-16-19-22-25-29-33-38(42)32-28-6-4-2/h5,7,9-10,12-13,15-16,20,22-23,25,29,33,38-39,42H,3-4,6,8,11,14,17-19,21,24,26-28,30-32,34-37H2,1-2H3,(H2,45,46,47)/b7-5-,10-9-,13-12-,16-15-,23-20-,25-22-,33-29+/t38-,39-/m1/s1. The van der Waals surface area contributed by atoms with E-state index in [0.717, 1.165) is 89.9 Å². The van der Waals surface area contributed by atoms with Crippen LogP contribution in [0.25, 0.3) is 0 Å². The fourth-order valence-corrected chi connectivity index (χ4v) is 5.03. The molecule has 0 aromatic carbocycles. The number of carbonyl (C=O) groups is 2. The largest absolute Gasteiger partial charge is 0.469 e. The van der Waals surface area contributed by atoms with Gasteiger partial charge in [0.25, 0.3) is 0 Å². The molecule has 0 bridgehead atoms. The quantitative estimate of drug-likeness (QED) is 0.0198. The molecule has 0 aromatic heterocycles. The van der Waals surface area contributed by atoms with E-state index < -0.39 is 32.5 Å². The second-order valence-electron chi connectivity index (χ2n) is 12.4. The minimum absolute atomic E-state index is 0.162. The molecule has 0 aliphatic heterocycles. The van der Waals surface area contributed by atoms with Crippen LogP contribution in [0.4, 0.5) is 0 Å². The van der Waals surface area contributed by atoms with Crippen LogP contribution in [-0.2, 0) is 28.2 Å². The number of allylic oxidation sites excluding steroid dienone is 13. The maximum atomic E-state index is 12.4. The minimum atomic E-state index is -4.78. The zero-order valence-electron chi connectivity index (χ0n) is 31.3. The molecule has 0 spiro atoms. The maximum absolute atomic E-state index is 12.4. The Morgan fingerprint density at radius 3 is 1.84 bits per heavy atom. The second kappa shape index (κ2) is 35.6. The van der Waals surface area contributed by atoms with Crippen molar-refractivity contribution in [2.24, 2.45) is 0 Å². The van der Waals surface area contributed by atoms with Crippen molar-refractivity contribution in [3.8, 4) is 0 Å². The first-order valence-electron chi connectivity index (χ1n) is 19.0. The van der Waals surface area contributed by atoms with Crippen LogP contribution in [0.2, 0.25) is 0 Å². The van der Waals surface area contributed by atoms with Gasteiger partial charge in [-0.1, -0.05) is 137 Å². The molecule has 2 atom stereocenters. The summed E-state index contributed by atoms with van der Waals surface area (Å²) in [6.45, 7) is 3.36. The van der Waals surface area contributed by atoms with E-state index in [-0.39, 0.29) is 25.6 Å². The minimum Gasteiger partial charge on any atom is -0.462 e. The van der Waals surface area contributed by atoms with Gasteiger partial charge in [-0.15, -0.1) is 0 Å². The highest BCUT2D eigenvalue weighted by Gasteiger charge is 2.22. The number of aliphatic hydroxyl groups is 1. The molecular weight excluding hydrogens is 667 g/mol. The Morgan fingerprint density at radius 1 is 0.627 bits per heavy atom. The third kappa shape index (κ3) is 38.3. The fourth-order valence-electron chi connectivity index (χ4n) is 4.66. The van der Waals surface area contributed by atoms with Crippen molar-refractivity contribution in [3.63, 3.8) is 0 Å². The molecule has 51 heavy (non-hydrogen) atoms. The zero-order chi connectivity index (χ0) is 37.7. The van der Waals surface area contributed by atoms with Crippen molar-refractivity contribution in [1.82, 2.24) is 0 Å². The average molecular weight is 735 g/mol. The number of unbranched alkanes of at least 4 members (excludes halogenated alkanes) is 8. The van der Waals surface area contributed by atoms with Crippen molar-refractivity contribution < 1.29 is 43.0 Å². The predicted molar refractivity (Wildman–Crippen MR) is 208 cm³/mol. The molecule has 0 saturated carbocycles. The number of ether oxygens (including phenoxy) is 2. The molecule has 0 saturated heterocycles. The van der Waals surface area contributed by atoms with Crippen LogP contribution < -0.4 is 0 Å². The van der Waals surface area contributed by atoms with Crippen molar-refractivity contribution >= 4 is 19.8 Å². The molecule has 0 aliphatic carbocycles. The van der Waals surface area contributed by atoms with Gasteiger partial charge in [-0.2, -0.15) is 0 Å². The lowest BCUT2D eigenvalue weighted by Crippen LogP contribution is -2.29. The Labute approximate surface area is 308 Å². The van der Waals surface area contributed by atoms with E-state index in [4.69, 9.17) is 19.3 Å². The molecule has 0 heterocycles. The monoisotopic (exact) mass is 734 g/mol. The number of carbonyl (C=O) groups excluding carboxylic acids is 2. The van der Waals surface area contributed by atoms with Gasteiger partial charge < -0.3 is 24.4 Å². The van der Waals surface area contributed by atoms with Gasteiger partial charge in [0.15, 0.2) is 6.10 Å². The number of aliphatic hydroxyl groups excluding tert-OH is 1. The number of rotatable bonds is 33. The normalized spacial score (nSPS) is 14.1. The summed E-state index contributed by atoms with van der Waals surface area (Å²) in [6.07, 6.45) is 43.5. The number of hydrogen-bond acceptors (Lipinski definition) is 7.